The van der Waals surface area contributed by atoms with Crippen LogP contribution in [0, 0.1) is 0 Å². The van der Waals surface area contributed by atoms with Crippen LogP contribution < -0.4 is 10.1 Å². The zero-order chi connectivity index (χ0) is 18.6. The average molecular weight is 376 g/mol. The number of rotatable bonds is 6. The van der Waals surface area contributed by atoms with Crippen LogP contribution >= 0.6 is 11.3 Å². The van der Waals surface area contributed by atoms with Crippen LogP contribution in [0.3, 0.4) is 0 Å². The van der Waals surface area contributed by atoms with Crippen LogP contribution in [0.25, 0.3) is 10.2 Å². The van der Waals surface area contributed by atoms with Gasteiger partial charge in [0.1, 0.15) is 11.4 Å². The van der Waals surface area contributed by atoms with Gasteiger partial charge in [0, 0.05) is 6.54 Å². The van der Waals surface area contributed by atoms with Gasteiger partial charge >= 0.3 is 0 Å². The Balaban J connectivity index is 1.68. The first-order chi connectivity index (χ1) is 13.3. The molecule has 2 heterocycles. The SMILES string of the molecule is CCOc1ccccc1NC(=O)c1cc2sccc2n1Cc1ccccc1. The second-order valence-electron chi connectivity index (χ2n) is 6.15. The van der Waals surface area contributed by atoms with Crippen molar-refractivity contribution in [1.82, 2.24) is 4.57 Å². The van der Waals surface area contributed by atoms with Crippen LogP contribution in [-0.4, -0.2) is 17.1 Å². The summed E-state index contributed by atoms with van der Waals surface area (Å²) in [6.45, 7) is 3.13. The van der Waals surface area contributed by atoms with E-state index in [0.29, 0.717) is 30.3 Å². The van der Waals surface area contributed by atoms with Crippen molar-refractivity contribution in [2.45, 2.75) is 13.5 Å². The van der Waals surface area contributed by atoms with E-state index in [4.69, 9.17) is 4.74 Å². The Bertz CT molecular complexity index is 1070. The predicted molar refractivity (Wildman–Crippen MR) is 111 cm³/mol. The summed E-state index contributed by atoms with van der Waals surface area (Å²) in [7, 11) is 0. The number of thiophene rings is 1. The number of nitrogens with zero attached hydrogens (tertiary/aromatic N) is 1. The summed E-state index contributed by atoms with van der Waals surface area (Å²) in [4.78, 5) is 13.1. The van der Waals surface area contributed by atoms with E-state index in [1.54, 1.807) is 11.3 Å². The molecule has 0 aliphatic rings. The summed E-state index contributed by atoms with van der Waals surface area (Å²) in [6.07, 6.45) is 0. The number of carbonyl (C=O) groups excluding carboxylic acids is 1. The van der Waals surface area contributed by atoms with E-state index in [2.05, 4.69) is 33.5 Å². The molecule has 4 rings (SSSR count). The molecule has 0 unspecified atom stereocenters. The predicted octanol–water partition coefficient (Wildman–Crippen LogP) is 5.40. The van der Waals surface area contributed by atoms with Crippen molar-refractivity contribution < 1.29 is 9.53 Å². The zero-order valence-corrected chi connectivity index (χ0v) is 15.8. The van der Waals surface area contributed by atoms with Gasteiger partial charge in [-0.05, 0) is 42.1 Å². The molecule has 2 aromatic carbocycles. The quantitative estimate of drug-likeness (QED) is 0.489. The Morgan fingerprint density at radius 1 is 1.07 bits per heavy atom. The fourth-order valence-electron chi connectivity index (χ4n) is 3.14. The minimum Gasteiger partial charge on any atom is -0.492 e. The number of nitrogens with one attached hydrogen (secondary N) is 1. The molecule has 0 radical (unpaired) electrons. The number of amides is 1. The highest BCUT2D eigenvalue weighted by atomic mass is 32.1. The Morgan fingerprint density at radius 2 is 1.85 bits per heavy atom. The molecule has 0 spiro atoms. The first-order valence-corrected chi connectivity index (χ1v) is 9.78. The molecule has 27 heavy (non-hydrogen) atoms. The number of fused-ring (bicyclic) bond motifs is 1. The molecule has 0 saturated heterocycles. The van der Waals surface area contributed by atoms with E-state index in [0.717, 1.165) is 15.8 Å². The van der Waals surface area contributed by atoms with E-state index >= 15 is 0 Å². The average Bonchev–Trinajstić information content (AvgIpc) is 3.27. The van der Waals surface area contributed by atoms with Crippen molar-refractivity contribution in [2.75, 3.05) is 11.9 Å². The number of para-hydroxylation sites is 2. The third-order valence-electron chi connectivity index (χ3n) is 4.37. The lowest BCUT2D eigenvalue weighted by Crippen LogP contribution is -2.18. The van der Waals surface area contributed by atoms with Gasteiger partial charge in [0.05, 0.1) is 22.5 Å². The minimum atomic E-state index is -0.138. The van der Waals surface area contributed by atoms with Crippen LogP contribution in [-0.2, 0) is 6.54 Å². The molecule has 4 aromatic rings. The van der Waals surface area contributed by atoms with Crippen LogP contribution in [0.1, 0.15) is 23.0 Å². The molecule has 1 amide bonds. The normalized spacial score (nSPS) is 10.9. The minimum absolute atomic E-state index is 0.138. The number of anilines is 1. The molecule has 136 valence electrons. The molecular formula is C22H20N2O2S. The molecule has 0 saturated carbocycles. The summed E-state index contributed by atoms with van der Waals surface area (Å²) in [6, 6.07) is 21.7. The van der Waals surface area contributed by atoms with Gasteiger partial charge < -0.3 is 14.6 Å². The van der Waals surface area contributed by atoms with Gasteiger partial charge in [-0.1, -0.05) is 42.5 Å². The summed E-state index contributed by atoms with van der Waals surface area (Å²) >= 11 is 1.64. The Hall–Kier alpha value is -3.05. The monoisotopic (exact) mass is 376 g/mol. The van der Waals surface area contributed by atoms with Crippen molar-refractivity contribution in [3.8, 4) is 5.75 Å². The number of hydrogen-bond acceptors (Lipinski definition) is 3. The standard InChI is InChI=1S/C22H20N2O2S/c1-2-26-20-11-7-6-10-17(20)23-22(25)19-14-21-18(12-13-27-21)24(19)15-16-8-4-3-5-9-16/h3-14H,2,15H2,1H3,(H,23,25). The molecule has 0 atom stereocenters. The smallest absolute Gasteiger partial charge is 0.272 e. The van der Waals surface area contributed by atoms with Gasteiger partial charge in [0.15, 0.2) is 0 Å². The van der Waals surface area contributed by atoms with Crippen molar-refractivity contribution >= 4 is 33.1 Å². The highest BCUT2D eigenvalue weighted by Gasteiger charge is 2.18. The summed E-state index contributed by atoms with van der Waals surface area (Å²) in [5.74, 6) is 0.540. The maximum atomic E-state index is 13.1. The van der Waals surface area contributed by atoms with Gasteiger partial charge in [-0.3, -0.25) is 4.79 Å². The van der Waals surface area contributed by atoms with E-state index in [1.807, 2.05) is 55.5 Å². The highest BCUT2D eigenvalue weighted by molar-refractivity contribution is 7.17. The number of benzene rings is 2. The molecule has 0 aliphatic carbocycles. The molecule has 5 heteroatoms. The third-order valence-corrected chi connectivity index (χ3v) is 5.23. The van der Waals surface area contributed by atoms with Gasteiger partial charge in [-0.25, -0.2) is 0 Å². The van der Waals surface area contributed by atoms with Crippen LogP contribution in [0.5, 0.6) is 5.75 Å². The molecule has 2 aromatic heterocycles. The van der Waals surface area contributed by atoms with Crippen LogP contribution in [0.15, 0.2) is 72.1 Å². The van der Waals surface area contributed by atoms with Crippen LogP contribution in [0.4, 0.5) is 5.69 Å². The van der Waals surface area contributed by atoms with Gasteiger partial charge in [-0.15, -0.1) is 11.3 Å². The second kappa shape index (κ2) is 7.68. The van der Waals surface area contributed by atoms with Gasteiger partial charge in [0.25, 0.3) is 5.91 Å². The highest BCUT2D eigenvalue weighted by Crippen LogP contribution is 2.28. The fourth-order valence-corrected chi connectivity index (χ4v) is 3.96. The van der Waals surface area contributed by atoms with Crippen LogP contribution in [0.2, 0.25) is 0 Å². The zero-order valence-electron chi connectivity index (χ0n) is 15.0. The summed E-state index contributed by atoms with van der Waals surface area (Å²) in [5.41, 5.74) is 3.56. The first kappa shape index (κ1) is 17.4. The summed E-state index contributed by atoms with van der Waals surface area (Å²) < 4.78 is 8.80. The fraction of sp³-hybridized carbons (Fsp3) is 0.136. The summed E-state index contributed by atoms with van der Waals surface area (Å²) in [5, 5.41) is 5.06. The Labute approximate surface area is 162 Å². The third kappa shape index (κ3) is 3.59. The number of aromatic nitrogens is 1. The van der Waals surface area contributed by atoms with Gasteiger partial charge in [0.2, 0.25) is 0 Å². The molecule has 4 nitrogen and oxygen atoms in total. The molecule has 0 aliphatic heterocycles. The first-order valence-electron chi connectivity index (χ1n) is 8.90. The van der Waals surface area contributed by atoms with E-state index in [9.17, 15) is 4.79 Å². The van der Waals surface area contributed by atoms with Crippen molar-refractivity contribution in [3.63, 3.8) is 0 Å². The van der Waals surface area contributed by atoms with E-state index in [1.165, 1.54) is 0 Å². The second-order valence-corrected chi connectivity index (χ2v) is 7.10. The lowest BCUT2D eigenvalue weighted by molar-refractivity contribution is 0.101. The maximum absolute atomic E-state index is 13.1. The maximum Gasteiger partial charge on any atom is 0.272 e. The lowest BCUT2D eigenvalue weighted by atomic mass is 10.2. The number of hydrogen-bond donors (Lipinski definition) is 1. The lowest BCUT2D eigenvalue weighted by Gasteiger charge is -2.13. The Morgan fingerprint density at radius 3 is 2.67 bits per heavy atom. The van der Waals surface area contributed by atoms with Crippen molar-refractivity contribution in [3.05, 3.63) is 83.4 Å². The van der Waals surface area contributed by atoms with Crippen molar-refractivity contribution in [1.29, 1.82) is 0 Å². The van der Waals surface area contributed by atoms with Crippen molar-refractivity contribution in [2.24, 2.45) is 0 Å². The largest absolute Gasteiger partial charge is 0.492 e. The Kier molecular flexibility index (Phi) is 4.94. The van der Waals surface area contributed by atoms with Gasteiger partial charge in [-0.2, -0.15) is 0 Å². The molecule has 0 fully saturated rings. The number of ether oxygens (including phenoxy) is 1. The topological polar surface area (TPSA) is 43.3 Å². The molecular weight excluding hydrogens is 356 g/mol. The molecule has 1 N–H and O–H groups in total. The van der Waals surface area contributed by atoms with E-state index < -0.39 is 0 Å². The number of carbonyl (C=O) groups is 1. The molecule has 0 bridgehead atoms. The van der Waals surface area contributed by atoms with E-state index in [-0.39, 0.29) is 5.91 Å².